The minimum Gasteiger partial charge on any atom is -0.444 e. The van der Waals surface area contributed by atoms with Crippen LogP contribution in [0.5, 0.6) is 0 Å². The summed E-state index contributed by atoms with van der Waals surface area (Å²) in [4.78, 5) is 15.2. The predicted molar refractivity (Wildman–Crippen MR) is 122 cm³/mol. The predicted octanol–water partition coefficient (Wildman–Crippen LogP) is 3.86. The number of carbonyl (C=O) groups excluding carboxylic acids is 1. The van der Waals surface area contributed by atoms with E-state index < -0.39 is 11.7 Å². The van der Waals surface area contributed by atoms with Crippen LogP contribution in [0.15, 0.2) is 54.7 Å². The SMILES string of the molecule is CC(C)(C)OC(=O)NCCc1c[nH]c2ccc(Cc3nnnn3Cc3ccccc3)cc12. The van der Waals surface area contributed by atoms with Gasteiger partial charge in [-0.25, -0.2) is 9.48 Å². The maximum absolute atomic E-state index is 11.9. The molecule has 0 aliphatic heterocycles. The molecule has 0 saturated carbocycles. The van der Waals surface area contributed by atoms with E-state index in [0.29, 0.717) is 25.9 Å². The van der Waals surface area contributed by atoms with E-state index in [1.54, 1.807) is 0 Å². The van der Waals surface area contributed by atoms with Gasteiger partial charge in [-0.3, -0.25) is 0 Å². The Morgan fingerprint density at radius 1 is 1.12 bits per heavy atom. The lowest BCUT2D eigenvalue weighted by atomic mass is 10.1. The lowest BCUT2D eigenvalue weighted by Crippen LogP contribution is -2.33. The van der Waals surface area contributed by atoms with Gasteiger partial charge in [0.05, 0.1) is 6.54 Å². The van der Waals surface area contributed by atoms with Crippen LogP contribution in [0.3, 0.4) is 0 Å². The van der Waals surface area contributed by atoms with Crippen molar-refractivity contribution in [2.24, 2.45) is 0 Å². The molecule has 0 fully saturated rings. The Hall–Kier alpha value is -3.68. The van der Waals surface area contributed by atoms with Crippen LogP contribution in [0.25, 0.3) is 10.9 Å². The van der Waals surface area contributed by atoms with Crippen LogP contribution in [0.1, 0.15) is 43.3 Å². The topological polar surface area (TPSA) is 97.7 Å². The highest BCUT2D eigenvalue weighted by molar-refractivity contribution is 5.84. The number of amides is 1. The van der Waals surface area contributed by atoms with Gasteiger partial charge in [-0.2, -0.15) is 0 Å². The molecule has 0 spiro atoms. The number of nitrogens with one attached hydrogen (secondary N) is 2. The number of aromatic nitrogens is 5. The van der Waals surface area contributed by atoms with Crippen molar-refractivity contribution in [2.45, 2.75) is 45.8 Å². The van der Waals surface area contributed by atoms with Gasteiger partial charge in [0.25, 0.3) is 0 Å². The number of H-pyrrole nitrogens is 1. The summed E-state index contributed by atoms with van der Waals surface area (Å²) in [6.07, 6.45) is 2.93. The number of tetrazole rings is 1. The Kier molecular flexibility index (Phi) is 6.20. The highest BCUT2D eigenvalue weighted by Gasteiger charge is 2.16. The van der Waals surface area contributed by atoms with Crippen molar-refractivity contribution in [3.8, 4) is 0 Å². The summed E-state index contributed by atoms with van der Waals surface area (Å²) in [6.45, 7) is 6.69. The second-order valence-corrected chi connectivity index (χ2v) is 8.79. The smallest absolute Gasteiger partial charge is 0.407 e. The van der Waals surface area contributed by atoms with Gasteiger partial charge in [-0.05, 0) is 66.4 Å². The van der Waals surface area contributed by atoms with Crippen LogP contribution in [0.4, 0.5) is 4.79 Å². The molecular weight excluding hydrogens is 404 g/mol. The van der Waals surface area contributed by atoms with Gasteiger partial charge in [-0.1, -0.05) is 36.4 Å². The molecule has 0 atom stereocenters. The number of carbonyl (C=O) groups is 1. The fraction of sp³-hybridized carbons (Fsp3) is 0.333. The normalized spacial score (nSPS) is 11.6. The van der Waals surface area contributed by atoms with Gasteiger partial charge >= 0.3 is 6.09 Å². The monoisotopic (exact) mass is 432 g/mol. The van der Waals surface area contributed by atoms with E-state index in [4.69, 9.17) is 4.74 Å². The molecule has 4 rings (SSSR count). The van der Waals surface area contributed by atoms with E-state index >= 15 is 0 Å². The molecule has 0 bridgehead atoms. The first-order valence-electron chi connectivity index (χ1n) is 10.7. The Bertz CT molecular complexity index is 1190. The van der Waals surface area contributed by atoms with Crippen molar-refractivity contribution in [3.05, 3.63) is 77.2 Å². The van der Waals surface area contributed by atoms with E-state index in [1.807, 2.05) is 49.8 Å². The van der Waals surface area contributed by atoms with Gasteiger partial charge in [0.15, 0.2) is 5.82 Å². The third-order valence-electron chi connectivity index (χ3n) is 5.04. The van der Waals surface area contributed by atoms with E-state index in [9.17, 15) is 4.79 Å². The molecule has 2 aromatic carbocycles. The summed E-state index contributed by atoms with van der Waals surface area (Å²) < 4.78 is 7.13. The van der Waals surface area contributed by atoms with Crippen LogP contribution in [0.2, 0.25) is 0 Å². The standard InChI is InChI=1S/C24H28N6O2/c1-24(2,3)32-23(31)25-12-11-19-15-26-21-10-9-18(13-20(19)21)14-22-27-28-29-30(22)16-17-7-5-4-6-8-17/h4-10,13,15,26H,11-12,14,16H2,1-3H3,(H,25,31). The maximum Gasteiger partial charge on any atom is 0.407 e. The van der Waals surface area contributed by atoms with E-state index in [1.165, 1.54) is 0 Å². The van der Waals surface area contributed by atoms with E-state index in [-0.39, 0.29) is 0 Å². The number of hydrogen-bond donors (Lipinski definition) is 2. The number of hydrogen-bond acceptors (Lipinski definition) is 5. The van der Waals surface area contributed by atoms with Crippen molar-refractivity contribution in [3.63, 3.8) is 0 Å². The first kappa shape index (κ1) is 21.5. The van der Waals surface area contributed by atoms with Crippen molar-refractivity contribution < 1.29 is 9.53 Å². The number of benzene rings is 2. The third kappa shape index (κ3) is 5.51. The van der Waals surface area contributed by atoms with Crippen LogP contribution < -0.4 is 5.32 Å². The molecule has 2 aromatic heterocycles. The quantitative estimate of drug-likeness (QED) is 0.462. The summed E-state index contributed by atoms with van der Waals surface area (Å²) in [5, 5.41) is 16.2. The lowest BCUT2D eigenvalue weighted by molar-refractivity contribution is 0.0528. The maximum atomic E-state index is 11.9. The van der Waals surface area contributed by atoms with Crippen molar-refractivity contribution in [1.29, 1.82) is 0 Å². The molecule has 166 valence electrons. The van der Waals surface area contributed by atoms with Crippen LogP contribution >= 0.6 is 0 Å². The Morgan fingerprint density at radius 2 is 1.94 bits per heavy atom. The van der Waals surface area contributed by atoms with Crippen LogP contribution in [-0.2, 0) is 24.1 Å². The Balaban J connectivity index is 1.43. The number of fused-ring (bicyclic) bond motifs is 1. The van der Waals surface area contributed by atoms with Crippen molar-refractivity contribution in [1.82, 2.24) is 30.5 Å². The van der Waals surface area contributed by atoms with Crippen LogP contribution in [0, 0.1) is 0 Å². The fourth-order valence-corrected chi connectivity index (χ4v) is 3.57. The minimum atomic E-state index is -0.504. The average Bonchev–Trinajstić information content (AvgIpc) is 3.34. The molecule has 2 heterocycles. The Morgan fingerprint density at radius 3 is 2.72 bits per heavy atom. The Labute approximate surface area is 187 Å². The molecule has 4 aromatic rings. The zero-order chi connectivity index (χ0) is 22.6. The highest BCUT2D eigenvalue weighted by atomic mass is 16.6. The summed E-state index contributed by atoms with van der Waals surface area (Å²) in [5.41, 5.74) is 3.98. The number of alkyl carbamates (subject to hydrolysis) is 1. The number of aromatic amines is 1. The van der Waals surface area contributed by atoms with Crippen LogP contribution in [-0.4, -0.2) is 43.4 Å². The average molecular weight is 433 g/mol. The second kappa shape index (κ2) is 9.21. The molecular formula is C24H28N6O2. The molecule has 0 aliphatic rings. The minimum absolute atomic E-state index is 0.400. The van der Waals surface area contributed by atoms with Gasteiger partial charge < -0.3 is 15.0 Å². The second-order valence-electron chi connectivity index (χ2n) is 8.79. The summed E-state index contributed by atoms with van der Waals surface area (Å²) in [6, 6.07) is 16.5. The molecule has 2 N–H and O–H groups in total. The lowest BCUT2D eigenvalue weighted by Gasteiger charge is -2.19. The molecule has 8 heteroatoms. The number of nitrogens with zero attached hydrogens (tertiary/aromatic N) is 4. The third-order valence-corrected chi connectivity index (χ3v) is 5.04. The number of rotatable bonds is 7. The molecule has 0 unspecified atom stereocenters. The van der Waals surface area contributed by atoms with E-state index in [2.05, 4.69) is 56.2 Å². The largest absolute Gasteiger partial charge is 0.444 e. The van der Waals surface area contributed by atoms with Gasteiger partial charge in [0, 0.05) is 30.1 Å². The zero-order valence-electron chi connectivity index (χ0n) is 18.6. The zero-order valence-corrected chi connectivity index (χ0v) is 18.6. The molecule has 32 heavy (non-hydrogen) atoms. The first-order valence-corrected chi connectivity index (χ1v) is 10.7. The summed E-state index contributed by atoms with van der Waals surface area (Å²) >= 11 is 0. The van der Waals surface area contributed by atoms with Gasteiger partial charge in [0.1, 0.15) is 5.60 Å². The van der Waals surface area contributed by atoms with Crippen molar-refractivity contribution in [2.75, 3.05) is 6.54 Å². The summed E-state index contributed by atoms with van der Waals surface area (Å²) in [7, 11) is 0. The fourth-order valence-electron chi connectivity index (χ4n) is 3.57. The first-order chi connectivity index (χ1) is 15.4. The van der Waals surface area contributed by atoms with Gasteiger partial charge in [0.2, 0.25) is 0 Å². The molecule has 0 aliphatic carbocycles. The highest BCUT2D eigenvalue weighted by Crippen LogP contribution is 2.21. The summed E-state index contributed by atoms with van der Waals surface area (Å²) in [5.74, 6) is 0.817. The molecule has 0 radical (unpaired) electrons. The van der Waals surface area contributed by atoms with Crippen molar-refractivity contribution >= 4 is 17.0 Å². The molecule has 8 nitrogen and oxygen atoms in total. The number of ether oxygens (including phenoxy) is 1. The molecule has 1 amide bonds. The van der Waals surface area contributed by atoms with Gasteiger partial charge in [-0.15, -0.1) is 5.10 Å². The van der Waals surface area contributed by atoms with E-state index in [0.717, 1.165) is 33.4 Å². The molecule has 0 saturated heterocycles.